The fourth-order valence-corrected chi connectivity index (χ4v) is 1.13. The lowest BCUT2D eigenvalue weighted by molar-refractivity contribution is -0.116. The minimum absolute atomic E-state index is 0.394. The average Bonchev–Trinajstić information content (AvgIpc) is 2.71. The lowest BCUT2D eigenvalue weighted by Crippen LogP contribution is -2.03. The van der Waals surface area contributed by atoms with Gasteiger partial charge < -0.3 is 0 Å². The van der Waals surface area contributed by atoms with E-state index in [9.17, 15) is 4.79 Å². The number of Topliss-reactive ketones (excluding diaryl/α,β-unsaturated/α-hetero) is 1. The Morgan fingerprint density at radius 3 is 2.50 bits per heavy atom. The van der Waals surface area contributed by atoms with E-state index in [1.807, 2.05) is 19.9 Å². The zero-order valence-electron chi connectivity index (χ0n) is 6.68. The summed E-state index contributed by atoms with van der Waals surface area (Å²) in [5.41, 5.74) is 1.02. The first-order valence-electron chi connectivity index (χ1n) is 3.99. The minimum Gasteiger partial charge on any atom is -0.294 e. The number of carbonyl (C=O) groups is 1. The van der Waals surface area contributed by atoms with E-state index in [1.54, 1.807) is 0 Å². The van der Waals surface area contributed by atoms with Gasteiger partial charge in [0.05, 0.1) is 0 Å². The van der Waals surface area contributed by atoms with E-state index < -0.39 is 0 Å². The highest BCUT2D eigenvalue weighted by Crippen LogP contribution is 2.32. The van der Waals surface area contributed by atoms with Crippen molar-refractivity contribution >= 4 is 5.78 Å². The van der Waals surface area contributed by atoms with Gasteiger partial charge in [-0.1, -0.05) is 13.0 Å². The van der Waals surface area contributed by atoms with Gasteiger partial charge in [-0.15, -0.1) is 0 Å². The smallest absolute Gasteiger partial charge is 0.161 e. The second-order valence-corrected chi connectivity index (χ2v) is 2.81. The summed E-state index contributed by atoms with van der Waals surface area (Å²) < 4.78 is 0. The predicted molar refractivity (Wildman–Crippen MR) is 41.8 cm³/mol. The molecule has 1 nitrogen and oxygen atoms in total. The summed E-state index contributed by atoms with van der Waals surface area (Å²) in [5, 5.41) is 0. The normalized spacial score (nSPS) is 19.2. The van der Waals surface area contributed by atoms with Crippen LogP contribution in [0.4, 0.5) is 0 Å². The van der Waals surface area contributed by atoms with E-state index in [4.69, 9.17) is 0 Å². The highest BCUT2D eigenvalue weighted by Gasteiger charge is 2.30. The van der Waals surface area contributed by atoms with Gasteiger partial charge in [0.15, 0.2) is 5.78 Å². The number of allylic oxidation sites excluding steroid dienone is 2. The van der Waals surface area contributed by atoms with Gasteiger partial charge in [0.2, 0.25) is 0 Å². The third-order valence-electron chi connectivity index (χ3n) is 1.99. The second-order valence-electron chi connectivity index (χ2n) is 2.81. The lowest BCUT2D eigenvalue weighted by Gasteiger charge is -1.98. The van der Waals surface area contributed by atoms with E-state index >= 15 is 0 Å². The molecule has 0 aliphatic heterocycles. The molecule has 0 N–H and O–H groups in total. The molecule has 56 valence electrons. The molecule has 0 heterocycles. The first-order valence-corrected chi connectivity index (χ1v) is 3.99. The fourth-order valence-electron chi connectivity index (χ4n) is 1.13. The van der Waals surface area contributed by atoms with Crippen LogP contribution in [0.1, 0.15) is 33.1 Å². The topological polar surface area (TPSA) is 17.1 Å². The first-order chi connectivity index (χ1) is 4.79. The highest BCUT2D eigenvalue weighted by molar-refractivity contribution is 5.98. The Hall–Kier alpha value is -0.590. The number of hydrogen-bond acceptors (Lipinski definition) is 1. The van der Waals surface area contributed by atoms with Crippen LogP contribution < -0.4 is 0 Å². The quantitative estimate of drug-likeness (QED) is 0.547. The molecule has 1 aliphatic carbocycles. The molecule has 0 bridgehead atoms. The molecule has 1 fully saturated rings. The third-order valence-corrected chi connectivity index (χ3v) is 1.99. The second kappa shape index (κ2) is 3.00. The van der Waals surface area contributed by atoms with Crippen molar-refractivity contribution in [2.45, 2.75) is 33.1 Å². The Kier molecular flexibility index (Phi) is 2.25. The van der Waals surface area contributed by atoms with Crippen LogP contribution >= 0.6 is 0 Å². The van der Waals surface area contributed by atoms with Gasteiger partial charge in [-0.05, 0) is 31.8 Å². The number of carbonyl (C=O) groups excluding carboxylic acids is 1. The molecule has 10 heavy (non-hydrogen) atoms. The molecule has 0 spiro atoms. The van der Waals surface area contributed by atoms with Crippen LogP contribution in [0, 0.1) is 5.92 Å². The van der Waals surface area contributed by atoms with Crippen LogP contribution in [0.15, 0.2) is 11.6 Å². The van der Waals surface area contributed by atoms with Gasteiger partial charge in [-0.3, -0.25) is 4.79 Å². The van der Waals surface area contributed by atoms with E-state index in [0.29, 0.717) is 11.7 Å². The Morgan fingerprint density at radius 2 is 2.20 bits per heavy atom. The zero-order valence-corrected chi connectivity index (χ0v) is 6.68. The largest absolute Gasteiger partial charge is 0.294 e. The van der Waals surface area contributed by atoms with Crippen LogP contribution in [-0.2, 0) is 4.79 Å². The van der Waals surface area contributed by atoms with E-state index in [0.717, 1.165) is 24.8 Å². The molecule has 0 unspecified atom stereocenters. The number of rotatable bonds is 3. The minimum atomic E-state index is 0.394. The van der Waals surface area contributed by atoms with E-state index in [1.165, 1.54) is 0 Å². The van der Waals surface area contributed by atoms with E-state index in [-0.39, 0.29) is 0 Å². The van der Waals surface area contributed by atoms with Crippen LogP contribution in [0.5, 0.6) is 0 Å². The third kappa shape index (κ3) is 1.47. The SMILES string of the molecule is C/C=C(\CC)C(=O)C1CC1. The zero-order chi connectivity index (χ0) is 7.56. The Bertz CT molecular complexity index is 164. The Labute approximate surface area is 62.1 Å². The van der Waals surface area contributed by atoms with Crippen molar-refractivity contribution in [3.63, 3.8) is 0 Å². The molecular weight excluding hydrogens is 124 g/mol. The van der Waals surface area contributed by atoms with Crippen LogP contribution in [0.3, 0.4) is 0 Å². The van der Waals surface area contributed by atoms with Crippen LogP contribution in [0.2, 0.25) is 0 Å². The summed E-state index contributed by atoms with van der Waals surface area (Å²) in [5.74, 6) is 0.788. The Balaban J connectivity index is 2.52. The summed E-state index contributed by atoms with van der Waals surface area (Å²) in [6.45, 7) is 3.98. The molecule has 0 aromatic rings. The molecule has 0 atom stereocenters. The summed E-state index contributed by atoms with van der Waals surface area (Å²) in [4.78, 5) is 11.3. The molecule has 0 saturated heterocycles. The van der Waals surface area contributed by atoms with Gasteiger partial charge in [0.1, 0.15) is 0 Å². The van der Waals surface area contributed by atoms with Gasteiger partial charge in [-0.2, -0.15) is 0 Å². The van der Waals surface area contributed by atoms with Gasteiger partial charge in [0.25, 0.3) is 0 Å². The fraction of sp³-hybridized carbons (Fsp3) is 0.667. The molecule has 0 aromatic heterocycles. The van der Waals surface area contributed by atoms with Crippen molar-refractivity contribution in [3.8, 4) is 0 Å². The lowest BCUT2D eigenvalue weighted by atomic mass is 10.1. The standard InChI is InChI=1S/C9H14O/c1-3-7(4-2)9(10)8-5-6-8/h3,8H,4-6H2,1-2H3/b7-3+. The summed E-state index contributed by atoms with van der Waals surface area (Å²) >= 11 is 0. The van der Waals surface area contributed by atoms with Gasteiger partial charge >= 0.3 is 0 Å². The summed E-state index contributed by atoms with van der Waals surface area (Å²) in [7, 11) is 0. The molecule has 1 heteroatoms. The maximum absolute atomic E-state index is 11.3. The first kappa shape index (κ1) is 7.52. The molecule has 0 amide bonds. The summed E-state index contributed by atoms with van der Waals surface area (Å²) in [6, 6.07) is 0. The molecule has 1 aliphatic rings. The van der Waals surface area contributed by atoms with Gasteiger partial charge in [0, 0.05) is 5.92 Å². The number of ketones is 1. The Morgan fingerprint density at radius 1 is 1.60 bits per heavy atom. The average molecular weight is 138 g/mol. The van der Waals surface area contributed by atoms with Crippen molar-refractivity contribution in [2.75, 3.05) is 0 Å². The monoisotopic (exact) mass is 138 g/mol. The molecule has 0 radical (unpaired) electrons. The molecule has 1 rings (SSSR count). The van der Waals surface area contributed by atoms with Crippen molar-refractivity contribution in [1.82, 2.24) is 0 Å². The van der Waals surface area contributed by atoms with Crippen molar-refractivity contribution in [2.24, 2.45) is 5.92 Å². The van der Waals surface area contributed by atoms with Crippen molar-refractivity contribution in [1.29, 1.82) is 0 Å². The maximum atomic E-state index is 11.3. The highest BCUT2D eigenvalue weighted by atomic mass is 16.1. The van der Waals surface area contributed by atoms with Crippen LogP contribution in [-0.4, -0.2) is 5.78 Å². The van der Waals surface area contributed by atoms with Crippen molar-refractivity contribution in [3.05, 3.63) is 11.6 Å². The van der Waals surface area contributed by atoms with Gasteiger partial charge in [-0.25, -0.2) is 0 Å². The summed E-state index contributed by atoms with van der Waals surface area (Å²) in [6.07, 6.45) is 5.08. The van der Waals surface area contributed by atoms with E-state index in [2.05, 4.69) is 0 Å². The maximum Gasteiger partial charge on any atom is 0.161 e. The van der Waals surface area contributed by atoms with Crippen molar-refractivity contribution < 1.29 is 4.79 Å². The predicted octanol–water partition coefficient (Wildman–Crippen LogP) is 2.32. The molecule has 1 saturated carbocycles. The number of hydrogen-bond donors (Lipinski definition) is 0. The van der Waals surface area contributed by atoms with Crippen LogP contribution in [0.25, 0.3) is 0 Å². The molecular formula is C9H14O. The molecule has 0 aromatic carbocycles.